The summed E-state index contributed by atoms with van der Waals surface area (Å²) in [5.74, 6) is -1.22. The quantitative estimate of drug-likeness (QED) is 0.235. The number of carbonyl (C=O) groups is 2. The Labute approximate surface area is 229 Å². The molecule has 1 N–H and O–H groups in total. The number of aromatic nitrogens is 1. The molecule has 5 rings (SSSR count). The summed E-state index contributed by atoms with van der Waals surface area (Å²) in [4.78, 5) is 44.4. The molecule has 0 fully saturated rings. The normalized spacial score (nSPS) is 13.0. The number of ether oxygens (including phenoxy) is 2. The van der Waals surface area contributed by atoms with E-state index in [1.54, 1.807) is 62.4 Å². The third kappa shape index (κ3) is 4.97. The van der Waals surface area contributed by atoms with Crippen LogP contribution < -0.4 is 5.56 Å². The maximum Gasteiger partial charge on any atom is 0.341 e. The summed E-state index contributed by atoms with van der Waals surface area (Å²) >= 11 is 1.35. The number of esters is 2. The van der Waals surface area contributed by atoms with Crippen LogP contribution >= 0.6 is 11.3 Å². The van der Waals surface area contributed by atoms with Gasteiger partial charge >= 0.3 is 11.9 Å². The van der Waals surface area contributed by atoms with Crippen LogP contribution in [0.15, 0.2) is 58.3 Å². The molecule has 0 amide bonds. The second-order valence-corrected chi connectivity index (χ2v) is 10.1. The maximum absolute atomic E-state index is 13.7. The lowest BCUT2D eigenvalue weighted by Gasteiger charge is -2.15. The van der Waals surface area contributed by atoms with E-state index in [0.29, 0.717) is 38.2 Å². The summed E-state index contributed by atoms with van der Waals surface area (Å²) in [7, 11) is 0. The Kier molecular flexibility index (Phi) is 7.60. The van der Waals surface area contributed by atoms with Crippen molar-refractivity contribution >= 4 is 45.9 Å². The minimum Gasteiger partial charge on any atom is -0.494 e. The molecule has 2 heterocycles. The van der Waals surface area contributed by atoms with E-state index >= 15 is 0 Å². The van der Waals surface area contributed by atoms with Crippen molar-refractivity contribution in [1.82, 2.24) is 4.57 Å². The molecule has 0 saturated heterocycles. The topological polar surface area (TPSA) is 107 Å². The van der Waals surface area contributed by atoms with Gasteiger partial charge in [-0.05, 0) is 75.4 Å². The SMILES string of the molecule is CCOC(=O)c1ccc(N=Cc2c(O)n(-c3sc4c(c3C(=O)OCC)CCCC4)c(=O)c3ccccc23)cc1. The highest BCUT2D eigenvalue weighted by Crippen LogP contribution is 2.39. The summed E-state index contributed by atoms with van der Waals surface area (Å²) in [6.45, 7) is 3.97. The van der Waals surface area contributed by atoms with Gasteiger partial charge in [-0.2, -0.15) is 0 Å². The van der Waals surface area contributed by atoms with Crippen LogP contribution in [0.2, 0.25) is 0 Å². The molecule has 1 aliphatic carbocycles. The summed E-state index contributed by atoms with van der Waals surface area (Å²) in [5, 5.41) is 12.8. The number of thiophene rings is 1. The molecule has 0 unspecified atom stereocenters. The highest BCUT2D eigenvalue weighted by Gasteiger charge is 2.30. The lowest BCUT2D eigenvalue weighted by atomic mass is 9.95. The minimum absolute atomic E-state index is 0.203. The van der Waals surface area contributed by atoms with Crippen LogP contribution in [-0.2, 0) is 22.3 Å². The zero-order valence-corrected chi connectivity index (χ0v) is 22.5. The van der Waals surface area contributed by atoms with E-state index in [4.69, 9.17) is 9.47 Å². The van der Waals surface area contributed by atoms with E-state index in [1.807, 2.05) is 0 Å². The molecule has 0 saturated carbocycles. The summed E-state index contributed by atoms with van der Waals surface area (Å²) in [6.07, 6.45) is 4.97. The van der Waals surface area contributed by atoms with Crippen LogP contribution in [0, 0.1) is 0 Å². The van der Waals surface area contributed by atoms with Crippen molar-refractivity contribution in [3.63, 3.8) is 0 Å². The standard InChI is InChI=1S/C30H28N2O6S/c1-3-37-29(35)18-13-15-19(16-14-18)31-17-23-20-9-5-6-10-21(20)26(33)32(27(23)34)28-25(30(36)38-4-2)22-11-7-8-12-24(22)39-28/h5-6,9-10,13-17,34H,3-4,7-8,11-12H2,1-2H3. The predicted octanol–water partition coefficient (Wildman–Crippen LogP) is 5.74. The first-order valence-electron chi connectivity index (χ1n) is 12.9. The lowest BCUT2D eigenvalue weighted by Crippen LogP contribution is -2.22. The van der Waals surface area contributed by atoms with Gasteiger partial charge in [-0.25, -0.2) is 14.2 Å². The van der Waals surface area contributed by atoms with Gasteiger partial charge in [-0.15, -0.1) is 11.3 Å². The first-order chi connectivity index (χ1) is 18.9. The molecule has 9 heteroatoms. The van der Waals surface area contributed by atoms with Gasteiger partial charge in [-0.1, -0.05) is 18.2 Å². The number of nitrogens with zero attached hydrogens (tertiary/aromatic N) is 2. The minimum atomic E-state index is -0.497. The van der Waals surface area contributed by atoms with Crippen LogP contribution in [0.5, 0.6) is 5.88 Å². The maximum atomic E-state index is 13.7. The van der Waals surface area contributed by atoms with Crippen molar-refractivity contribution in [2.45, 2.75) is 39.5 Å². The molecule has 4 aromatic rings. The highest BCUT2D eigenvalue weighted by molar-refractivity contribution is 7.15. The van der Waals surface area contributed by atoms with Gasteiger partial charge in [0.15, 0.2) is 0 Å². The van der Waals surface area contributed by atoms with Crippen LogP contribution in [0.25, 0.3) is 15.8 Å². The third-order valence-electron chi connectivity index (χ3n) is 6.66. The van der Waals surface area contributed by atoms with Gasteiger partial charge in [0.2, 0.25) is 5.88 Å². The molecule has 2 aromatic carbocycles. The number of benzene rings is 2. The molecule has 0 aliphatic heterocycles. The Bertz CT molecular complexity index is 1650. The molecule has 0 radical (unpaired) electrons. The molecule has 0 bridgehead atoms. The Morgan fingerprint density at radius 3 is 2.36 bits per heavy atom. The van der Waals surface area contributed by atoms with Crippen molar-refractivity contribution in [2.24, 2.45) is 4.99 Å². The smallest absolute Gasteiger partial charge is 0.341 e. The summed E-state index contributed by atoms with van der Waals surface area (Å²) < 4.78 is 11.6. The number of aromatic hydroxyl groups is 1. The highest BCUT2D eigenvalue weighted by atomic mass is 32.1. The second-order valence-electron chi connectivity index (χ2n) is 9.06. The number of hydrogen-bond donors (Lipinski definition) is 1. The van der Waals surface area contributed by atoms with Crippen LogP contribution in [0.4, 0.5) is 5.69 Å². The lowest BCUT2D eigenvalue weighted by molar-refractivity contribution is 0.0516. The van der Waals surface area contributed by atoms with E-state index in [0.717, 1.165) is 36.1 Å². The molecule has 0 spiro atoms. The van der Waals surface area contributed by atoms with Crippen LogP contribution in [-0.4, -0.2) is 41.0 Å². The van der Waals surface area contributed by atoms with Crippen LogP contribution in [0.3, 0.4) is 0 Å². The number of aliphatic imine (C=N–C) groups is 1. The van der Waals surface area contributed by atoms with Crippen molar-refractivity contribution < 1.29 is 24.2 Å². The van der Waals surface area contributed by atoms with Gasteiger partial charge in [0.05, 0.1) is 35.6 Å². The van der Waals surface area contributed by atoms with Gasteiger partial charge in [0.25, 0.3) is 5.56 Å². The van der Waals surface area contributed by atoms with E-state index in [9.17, 15) is 19.5 Å². The first-order valence-corrected chi connectivity index (χ1v) is 13.8. The number of pyridine rings is 1. The fourth-order valence-electron chi connectivity index (χ4n) is 4.84. The Hall–Kier alpha value is -4.24. The monoisotopic (exact) mass is 544 g/mol. The first kappa shape index (κ1) is 26.4. The van der Waals surface area contributed by atoms with E-state index in [2.05, 4.69) is 4.99 Å². The number of rotatable bonds is 7. The van der Waals surface area contributed by atoms with Gasteiger partial charge in [-0.3, -0.25) is 9.79 Å². The predicted molar refractivity (Wildman–Crippen MR) is 151 cm³/mol. The average Bonchev–Trinajstić information content (AvgIpc) is 3.33. The largest absolute Gasteiger partial charge is 0.494 e. The van der Waals surface area contributed by atoms with Crippen molar-refractivity contribution in [3.8, 4) is 10.9 Å². The molecular weight excluding hydrogens is 516 g/mol. The van der Waals surface area contributed by atoms with E-state index in [-0.39, 0.29) is 19.1 Å². The van der Waals surface area contributed by atoms with Crippen molar-refractivity contribution in [3.05, 3.63) is 86.0 Å². The Balaban J connectivity index is 1.67. The second kappa shape index (κ2) is 11.2. The average molecular weight is 545 g/mol. The Morgan fingerprint density at radius 1 is 0.974 bits per heavy atom. The molecule has 2 aromatic heterocycles. The third-order valence-corrected chi connectivity index (χ3v) is 7.94. The van der Waals surface area contributed by atoms with Crippen molar-refractivity contribution in [2.75, 3.05) is 13.2 Å². The summed E-state index contributed by atoms with van der Waals surface area (Å²) in [6, 6.07) is 13.6. The fourth-order valence-corrected chi connectivity index (χ4v) is 6.21. The number of carbonyl (C=O) groups excluding carboxylic acids is 2. The molecule has 200 valence electrons. The zero-order valence-electron chi connectivity index (χ0n) is 21.7. The van der Waals surface area contributed by atoms with Crippen LogP contribution in [0.1, 0.15) is 63.4 Å². The number of aryl methyl sites for hydroxylation is 1. The van der Waals surface area contributed by atoms with E-state index < -0.39 is 17.5 Å². The number of fused-ring (bicyclic) bond motifs is 2. The molecule has 0 atom stereocenters. The molecule has 1 aliphatic rings. The molecular formula is C30H28N2O6S. The van der Waals surface area contributed by atoms with E-state index in [1.165, 1.54) is 22.1 Å². The van der Waals surface area contributed by atoms with Gasteiger partial charge < -0.3 is 14.6 Å². The number of hydrogen-bond acceptors (Lipinski definition) is 8. The molecule has 39 heavy (non-hydrogen) atoms. The molecule has 8 nitrogen and oxygen atoms in total. The Morgan fingerprint density at radius 2 is 1.64 bits per heavy atom. The van der Waals surface area contributed by atoms with Crippen molar-refractivity contribution in [1.29, 1.82) is 0 Å². The van der Waals surface area contributed by atoms with Gasteiger partial charge in [0.1, 0.15) is 5.00 Å². The summed E-state index contributed by atoms with van der Waals surface area (Å²) in [5.41, 5.74) is 2.11. The van der Waals surface area contributed by atoms with Gasteiger partial charge in [0, 0.05) is 21.9 Å². The zero-order chi connectivity index (χ0) is 27.5. The fraction of sp³-hybridized carbons (Fsp3) is 0.267.